The number of likely N-dealkylation sites (tertiary alicyclic amines) is 1. The highest BCUT2D eigenvalue weighted by atomic mass is 19.1. The Bertz CT molecular complexity index is 837. The molecule has 2 saturated heterocycles. The van der Waals surface area contributed by atoms with Crippen molar-refractivity contribution in [3.63, 3.8) is 0 Å². The van der Waals surface area contributed by atoms with E-state index in [4.69, 9.17) is 0 Å². The molecule has 1 aromatic heterocycles. The van der Waals surface area contributed by atoms with E-state index in [1.54, 1.807) is 19.3 Å². The van der Waals surface area contributed by atoms with Gasteiger partial charge < -0.3 is 15.5 Å². The molecule has 2 aliphatic heterocycles. The molecule has 0 saturated carbocycles. The second-order valence-corrected chi connectivity index (χ2v) is 8.01. The van der Waals surface area contributed by atoms with Crippen molar-refractivity contribution in [2.75, 3.05) is 44.7 Å². The molecule has 2 atom stereocenters. The fraction of sp³-hybridized carbons (Fsp3) is 0.478. The number of aliphatic imine (C=N–C) groups is 1. The fourth-order valence-corrected chi connectivity index (χ4v) is 4.45. The molecule has 7 heteroatoms. The van der Waals surface area contributed by atoms with Crippen molar-refractivity contribution in [3.8, 4) is 0 Å². The van der Waals surface area contributed by atoms with Crippen LogP contribution in [0.5, 0.6) is 0 Å². The standard InChI is InChI=1S/C23H31FN6/c1-25-23(28-19-11-15-30(17-19)22-20(24)10-7-12-26-22)27-16-21(29-13-5-6-14-29)18-8-3-2-4-9-18/h2-4,7-10,12,19,21H,5-6,11,13-17H2,1H3,(H2,25,27,28). The molecule has 0 radical (unpaired) electrons. The van der Waals surface area contributed by atoms with Crippen LogP contribution in [0.15, 0.2) is 53.7 Å². The number of nitrogens with zero attached hydrogens (tertiary/aromatic N) is 4. The molecule has 0 bridgehead atoms. The molecule has 0 spiro atoms. The first-order valence-corrected chi connectivity index (χ1v) is 10.9. The first-order valence-electron chi connectivity index (χ1n) is 10.9. The van der Waals surface area contributed by atoms with E-state index in [1.165, 1.54) is 24.5 Å². The summed E-state index contributed by atoms with van der Waals surface area (Å²) in [6, 6.07) is 14.3. The summed E-state index contributed by atoms with van der Waals surface area (Å²) in [6.45, 7) is 4.57. The van der Waals surface area contributed by atoms with Crippen LogP contribution < -0.4 is 15.5 Å². The van der Waals surface area contributed by atoms with Gasteiger partial charge in [0.1, 0.15) is 0 Å². The monoisotopic (exact) mass is 410 g/mol. The Morgan fingerprint density at radius 1 is 1.17 bits per heavy atom. The second-order valence-electron chi connectivity index (χ2n) is 8.01. The number of hydrogen-bond donors (Lipinski definition) is 2. The molecule has 1 aromatic carbocycles. The summed E-state index contributed by atoms with van der Waals surface area (Å²) in [7, 11) is 1.80. The molecule has 2 fully saturated rings. The minimum absolute atomic E-state index is 0.208. The van der Waals surface area contributed by atoms with Crippen molar-refractivity contribution in [1.82, 2.24) is 20.5 Å². The molecule has 2 aliphatic rings. The number of nitrogens with one attached hydrogen (secondary N) is 2. The summed E-state index contributed by atoms with van der Waals surface area (Å²) in [5.41, 5.74) is 1.33. The fourth-order valence-electron chi connectivity index (χ4n) is 4.45. The van der Waals surface area contributed by atoms with Crippen LogP contribution in [0.1, 0.15) is 30.9 Å². The van der Waals surface area contributed by atoms with Crippen molar-refractivity contribution in [1.29, 1.82) is 0 Å². The lowest BCUT2D eigenvalue weighted by Crippen LogP contribution is -2.47. The van der Waals surface area contributed by atoms with E-state index in [0.29, 0.717) is 18.4 Å². The smallest absolute Gasteiger partial charge is 0.191 e. The van der Waals surface area contributed by atoms with Crippen molar-refractivity contribution in [2.24, 2.45) is 4.99 Å². The van der Waals surface area contributed by atoms with Gasteiger partial charge in [-0.25, -0.2) is 9.37 Å². The number of guanidine groups is 1. The van der Waals surface area contributed by atoms with Gasteiger partial charge in [0, 0.05) is 38.9 Å². The van der Waals surface area contributed by atoms with E-state index in [1.807, 2.05) is 4.90 Å². The molecule has 0 amide bonds. The largest absolute Gasteiger partial charge is 0.354 e. The van der Waals surface area contributed by atoms with Crippen LogP contribution >= 0.6 is 0 Å². The Balaban J connectivity index is 1.35. The lowest BCUT2D eigenvalue weighted by atomic mass is 10.1. The number of benzene rings is 1. The number of anilines is 1. The summed E-state index contributed by atoms with van der Waals surface area (Å²) in [6.07, 6.45) is 5.09. The highest BCUT2D eigenvalue weighted by Gasteiger charge is 2.27. The first kappa shape index (κ1) is 20.6. The van der Waals surface area contributed by atoms with Crippen LogP contribution in [0.4, 0.5) is 10.2 Å². The Hall–Kier alpha value is -2.67. The predicted molar refractivity (Wildman–Crippen MR) is 119 cm³/mol. The van der Waals surface area contributed by atoms with Crippen molar-refractivity contribution < 1.29 is 4.39 Å². The first-order chi connectivity index (χ1) is 14.7. The molecule has 30 heavy (non-hydrogen) atoms. The predicted octanol–water partition coefficient (Wildman–Crippen LogP) is 2.80. The third kappa shape index (κ3) is 4.90. The van der Waals surface area contributed by atoms with E-state index in [0.717, 1.165) is 38.6 Å². The zero-order valence-corrected chi connectivity index (χ0v) is 17.6. The van der Waals surface area contributed by atoms with Crippen molar-refractivity contribution in [3.05, 3.63) is 60.0 Å². The second kappa shape index (κ2) is 9.89. The summed E-state index contributed by atoms with van der Waals surface area (Å²) >= 11 is 0. The minimum atomic E-state index is -0.267. The average molecular weight is 411 g/mol. The topological polar surface area (TPSA) is 55.8 Å². The Morgan fingerprint density at radius 2 is 1.97 bits per heavy atom. The SMILES string of the molecule is CN=C(NCC(c1ccccc1)N1CCCC1)NC1CCN(c2ncccc2F)C1. The maximum absolute atomic E-state index is 14.1. The van der Waals surface area contributed by atoms with E-state index >= 15 is 0 Å². The lowest BCUT2D eigenvalue weighted by Gasteiger charge is -2.29. The maximum Gasteiger partial charge on any atom is 0.191 e. The van der Waals surface area contributed by atoms with Crippen LogP contribution in [0.2, 0.25) is 0 Å². The number of pyridine rings is 1. The van der Waals surface area contributed by atoms with E-state index < -0.39 is 0 Å². The lowest BCUT2D eigenvalue weighted by molar-refractivity contribution is 0.245. The molecule has 6 nitrogen and oxygen atoms in total. The molecule has 160 valence electrons. The third-order valence-electron chi connectivity index (χ3n) is 6.02. The summed E-state index contributed by atoms with van der Waals surface area (Å²) in [5, 5.41) is 7.04. The van der Waals surface area contributed by atoms with Gasteiger partial charge in [-0.1, -0.05) is 30.3 Å². The van der Waals surface area contributed by atoms with Gasteiger partial charge in [-0.3, -0.25) is 9.89 Å². The van der Waals surface area contributed by atoms with Gasteiger partial charge in [-0.05, 0) is 50.0 Å². The Kier molecular flexibility index (Phi) is 6.79. The Morgan fingerprint density at radius 3 is 2.70 bits per heavy atom. The van der Waals surface area contributed by atoms with Crippen molar-refractivity contribution in [2.45, 2.75) is 31.3 Å². The van der Waals surface area contributed by atoms with Gasteiger partial charge in [-0.2, -0.15) is 0 Å². The Labute approximate surface area is 178 Å². The molecule has 2 aromatic rings. The highest BCUT2D eigenvalue weighted by molar-refractivity contribution is 5.80. The molecular weight excluding hydrogens is 379 g/mol. The number of aromatic nitrogens is 1. The van der Waals surface area contributed by atoms with E-state index in [-0.39, 0.29) is 11.9 Å². The molecule has 3 heterocycles. The molecule has 2 unspecified atom stereocenters. The van der Waals surface area contributed by atoms with E-state index in [2.05, 4.69) is 55.8 Å². The number of hydrogen-bond acceptors (Lipinski definition) is 4. The van der Waals surface area contributed by atoms with Crippen LogP contribution in [-0.4, -0.2) is 61.7 Å². The number of rotatable bonds is 6. The van der Waals surface area contributed by atoms with Gasteiger partial charge in [0.15, 0.2) is 17.6 Å². The molecule has 0 aliphatic carbocycles. The molecular formula is C23H31FN6. The minimum Gasteiger partial charge on any atom is -0.354 e. The van der Waals surface area contributed by atoms with Crippen LogP contribution in [0.25, 0.3) is 0 Å². The normalized spacial score (nSPS) is 21.1. The zero-order chi connectivity index (χ0) is 20.8. The van der Waals surface area contributed by atoms with Gasteiger partial charge in [-0.15, -0.1) is 0 Å². The summed E-state index contributed by atoms with van der Waals surface area (Å²) < 4.78 is 14.1. The highest BCUT2D eigenvalue weighted by Crippen LogP contribution is 2.24. The van der Waals surface area contributed by atoms with Gasteiger partial charge in [0.2, 0.25) is 0 Å². The van der Waals surface area contributed by atoms with E-state index in [9.17, 15) is 4.39 Å². The van der Waals surface area contributed by atoms with Crippen LogP contribution in [0.3, 0.4) is 0 Å². The van der Waals surface area contributed by atoms with Crippen LogP contribution in [-0.2, 0) is 0 Å². The van der Waals surface area contributed by atoms with Crippen LogP contribution in [0, 0.1) is 5.82 Å². The van der Waals surface area contributed by atoms with Crippen molar-refractivity contribution >= 4 is 11.8 Å². The molecule has 2 N–H and O–H groups in total. The quantitative estimate of drug-likeness (QED) is 0.567. The van der Waals surface area contributed by atoms with Gasteiger partial charge in [0.05, 0.1) is 6.04 Å². The zero-order valence-electron chi connectivity index (χ0n) is 17.6. The maximum atomic E-state index is 14.1. The molecule has 4 rings (SSSR count). The summed E-state index contributed by atoms with van der Waals surface area (Å²) in [5.74, 6) is 0.961. The average Bonchev–Trinajstić information content (AvgIpc) is 3.47. The van der Waals surface area contributed by atoms with Gasteiger partial charge >= 0.3 is 0 Å². The van der Waals surface area contributed by atoms with Gasteiger partial charge in [0.25, 0.3) is 0 Å². The third-order valence-corrected chi connectivity index (χ3v) is 6.02. The summed E-state index contributed by atoms with van der Waals surface area (Å²) in [4.78, 5) is 13.2. The number of halogens is 1.